The molecule has 0 amide bonds. The Morgan fingerprint density at radius 2 is 2.07 bits per heavy atom. The lowest BCUT2D eigenvalue weighted by molar-refractivity contribution is 0.134. The molecule has 0 spiro atoms. The highest BCUT2D eigenvalue weighted by Gasteiger charge is 2.14. The van der Waals surface area contributed by atoms with Crippen LogP contribution in [-0.2, 0) is 24.4 Å². The van der Waals surface area contributed by atoms with E-state index in [2.05, 4.69) is 6.07 Å². The van der Waals surface area contributed by atoms with Crippen LogP contribution in [0.5, 0.6) is 0 Å². The third-order valence-corrected chi connectivity index (χ3v) is 2.78. The van der Waals surface area contributed by atoms with Crippen molar-refractivity contribution in [3.05, 3.63) is 33.8 Å². The van der Waals surface area contributed by atoms with E-state index in [0.717, 1.165) is 17.0 Å². The molecular formula is C11H14ClNO. The van der Waals surface area contributed by atoms with Gasteiger partial charge in [0.15, 0.2) is 0 Å². The molecule has 0 saturated heterocycles. The van der Waals surface area contributed by atoms with Crippen LogP contribution in [0.3, 0.4) is 0 Å². The Kier molecular flexibility index (Phi) is 2.77. The number of nitrogens with two attached hydrogens (primary N) is 1. The molecule has 0 bridgehead atoms. The maximum absolute atomic E-state index is 6.14. The SMILES string of the molecule is CC(N)Cc1cc2c(cc1Cl)COC2. The number of ether oxygens (including phenoxy) is 1. The molecule has 0 aromatic heterocycles. The van der Waals surface area contributed by atoms with E-state index in [9.17, 15) is 0 Å². The van der Waals surface area contributed by atoms with Crippen molar-refractivity contribution in [2.75, 3.05) is 0 Å². The Bertz CT molecular complexity index is 349. The first-order chi connectivity index (χ1) is 6.66. The average Bonchev–Trinajstić information content (AvgIpc) is 2.51. The first-order valence-corrected chi connectivity index (χ1v) is 5.18. The Morgan fingerprint density at radius 1 is 1.43 bits per heavy atom. The first-order valence-electron chi connectivity index (χ1n) is 4.80. The number of benzene rings is 1. The minimum absolute atomic E-state index is 0.146. The normalized spacial score (nSPS) is 16.8. The predicted molar refractivity (Wildman–Crippen MR) is 57.3 cm³/mol. The second kappa shape index (κ2) is 3.89. The molecule has 0 radical (unpaired) electrons. The van der Waals surface area contributed by atoms with Crippen LogP contribution in [-0.4, -0.2) is 6.04 Å². The Balaban J connectivity index is 2.32. The molecule has 1 heterocycles. The Hall–Kier alpha value is -0.570. The summed E-state index contributed by atoms with van der Waals surface area (Å²) < 4.78 is 5.34. The molecule has 1 unspecified atom stereocenters. The van der Waals surface area contributed by atoms with Crippen LogP contribution < -0.4 is 5.73 Å². The van der Waals surface area contributed by atoms with Gasteiger partial charge in [0, 0.05) is 11.1 Å². The molecule has 0 saturated carbocycles. The van der Waals surface area contributed by atoms with Crippen LogP contribution in [0.15, 0.2) is 12.1 Å². The fraction of sp³-hybridized carbons (Fsp3) is 0.455. The molecule has 1 aliphatic rings. The highest BCUT2D eigenvalue weighted by Crippen LogP contribution is 2.27. The number of hydrogen-bond donors (Lipinski definition) is 1. The predicted octanol–water partition coefficient (Wildman–Crippen LogP) is 2.26. The fourth-order valence-electron chi connectivity index (χ4n) is 1.75. The number of fused-ring (bicyclic) bond motifs is 1. The van der Waals surface area contributed by atoms with Gasteiger partial charge in [0.05, 0.1) is 13.2 Å². The van der Waals surface area contributed by atoms with Gasteiger partial charge in [0.25, 0.3) is 0 Å². The van der Waals surface area contributed by atoms with Crippen molar-refractivity contribution in [3.8, 4) is 0 Å². The average molecular weight is 212 g/mol. The van der Waals surface area contributed by atoms with Crippen LogP contribution in [0.4, 0.5) is 0 Å². The molecule has 2 nitrogen and oxygen atoms in total. The van der Waals surface area contributed by atoms with E-state index in [1.807, 2.05) is 13.0 Å². The van der Waals surface area contributed by atoms with Crippen LogP contribution in [0.2, 0.25) is 5.02 Å². The summed E-state index contributed by atoms with van der Waals surface area (Å²) in [5.41, 5.74) is 9.35. The quantitative estimate of drug-likeness (QED) is 0.815. The summed E-state index contributed by atoms with van der Waals surface area (Å²) in [7, 11) is 0. The zero-order chi connectivity index (χ0) is 10.1. The molecule has 2 rings (SSSR count). The van der Waals surface area contributed by atoms with Gasteiger partial charge in [-0.3, -0.25) is 0 Å². The standard InChI is InChI=1S/C11H14ClNO/c1-7(13)2-8-3-9-5-14-6-10(9)4-11(8)12/h3-4,7H,2,5-6,13H2,1H3. The third-order valence-electron chi connectivity index (χ3n) is 2.43. The molecule has 3 heteroatoms. The molecule has 0 aliphatic carbocycles. The highest BCUT2D eigenvalue weighted by molar-refractivity contribution is 6.31. The van der Waals surface area contributed by atoms with Crippen molar-refractivity contribution in [2.24, 2.45) is 5.73 Å². The Morgan fingerprint density at radius 3 is 2.71 bits per heavy atom. The van der Waals surface area contributed by atoms with Gasteiger partial charge in [-0.1, -0.05) is 17.7 Å². The van der Waals surface area contributed by atoms with Gasteiger partial charge in [-0.25, -0.2) is 0 Å². The topological polar surface area (TPSA) is 35.2 Å². The van der Waals surface area contributed by atoms with Gasteiger partial charge in [-0.2, -0.15) is 0 Å². The minimum atomic E-state index is 0.146. The largest absolute Gasteiger partial charge is 0.372 e. The van der Waals surface area contributed by atoms with E-state index >= 15 is 0 Å². The molecule has 1 aromatic carbocycles. The molecule has 1 aromatic rings. The van der Waals surface area contributed by atoms with Crippen LogP contribution >= 0.6 is 11.6 Å². The molecule has 76 valence electrons. The summed E-state index contributed by atoms with van der Waals surface area (Å²) in [5.74, 6) is 0. The van der Waals surface area contributed by atoms with Crippen LogP contribution in [0.1, 0.15) is 23.6 Å². The number of hydrogen-bond acceptors (Lipinski definition) is 2. The van der Waals surface area contributed by atoms with Gasteiger partial charge in [-0.05, 0) is 36.1 Å². The lowest BCUT2D eigenvalue weighted by Gasteiger charge is -2.09. The van der Waals surface area contributed by atoms with E-state index in [-0.39, 0.29) is 6.04 Å². The minimum Gasteiger partial charge on any atom is -0.372 e. The van der Waals surface area contributed by atoms with E-state index in [1.165, 1.54) is 11.1 Å². The summed E-state index contributed by atoms with van der Waals surface area (Å²) in [6.45, 7) is 3.38. The summed E-state index contributed by atoms with van der Waals surface area (Å²) in [4.78, 5) is 0. The van der Waals surface area contributed by atoms with Gasteiger partial charge in [0.1, 0.15) is 0 Å². The highest BCUT2D eigenvalue weighted by atomic mass is 35.5. The van der Waals surface area contributed by atoms with Gasteiger partial charge in [0.2, 0.25) is 0 Å². The summed E-state index contributed by atoms with van der Waals surface area (Å²) >= 11 is 6.14. The van der Waals surface area contributed by atoms with Crippen molar-refractivity contribution in [1.29, 1.82) is 0 Å². The monoisotopic (exact) mass is 211 g/mol. The van der Waals surface area contributed by atoms with E-state index in [4.69, 9.17) is 22.1 Å². The summed E-state index contributed by atoms with van der Waals surface area (Å²) in [5, 5.41) is 0.812. The van der Waals surface area contributed by atoms with Crippen molar-refractivity contribution in [2.45, 2.75) is 32.6 Å². The zero-order valence-electron chi connectivity index (χ0n) is 8.22. The van der Waals surface area contributed by atoms with Gasteiger partial charge < -0.3 is 10.5 Å². The smallest absolute Gasteiger partial charge is 0.0725 e. The van der Waals surface area contributed by atoms with E-state index in [0.29, 0.717) is 13.2 Å². The lowest BCUT2D eigenvalue weighted by Crippen LogP contribution is -2.18. The molecular weight excluding hydrogens is 198 g/mol. The third kappa shape index (κ3) is 1.92. The number of halogens is 1. The number of rotatable bonds is 2. The van der Waals surface area contributed by atoms with Crippen molar-refractivity contribution in [3.63, 3.8) is 0 Å². The summed E-state index contributed by atoms with van der Waals surface area (Å²) in [6, 6.07) is 4.27. The maximum Gasteiger partial charge on any atom is 0.0725 e. The van der Waals surface area contributed by atoms with Gasteiger partial charge in [-0.15, -0.1) is 0 Å². The lowest BCUT2D eigenvalue weighted by atomic mass is 10.0. The zero-order valence-corrected chi connectivity index (χ0v) is 8.97. The Labute approximate surface area is 89.0 Å². The van der Waals surface area contributed by atoms with E-state index < -0.39 is 0 Å². The van der Waals surface area contributed by atoms with Gasteiger partial charge >= 0.3 is 0 Å². The van der Waals surface area contributed by atoms with Crippen molar-refractivity contribution < 1.29 is 4.74 Å². The van der Waals surface area contributed by atoms with Crippen LogP contribution in [0.25, 0.3) is 0 Å². The molecule has 0 fully saturated rings. The maximum atomic E-state index is 6.14. The summed E-state index contributed by atoms with van der Waals surface area (Å²) in [6.07, 6.45) is 0.826. The first kappa shape index (κ1) is 9.97. The fourth-order valence-corrected chi connectivity index (χ4v) is 2.02. The molecule has 2 N–H and O–H groups in total. The van der Waals surface area contributed by atoms with Crippen molar-refractivity contribution >= 4 is 11.6 Å². The second-order valence-corrected chi connectivity index (χ2v) is 4.29. The molecule has 1 atom stereocenters. The van der Waals surface area contributed by atoms with Crippen molar-refractivity contribution in [1.82, 2.24) is 0 Å². The van der Waals surface area contributed by atoms with E-state index in [1.54, 1.807) is 0 Å². The second-order valence-electron chi connectivity index (χ2n) is 3.89. The van der Waals surface area contributed by atoms with Crippen LogP contribution in [0, 0.1) is 0 Å². The molecule has 1 aliphatic heterocycles. The molecule has 14 heavy (non-hydrogen) atoms.